The topological polar surface area (TPSA) is 125 Å². The highest BCUT2D eigenvalue weighted by atomic mass is 35.5. The minimum absolute atomic E-state index is 0.0700. The molecule has 1 aliphatic carbocycles. The summed E-state index contributed by atoms with van der Waals surface area (Å²) >= 11 is 7.40. The number of carbonyl (C=O) groups is 1. The molecule has 2 heterocycles. The molecule has 11 nitrogen and oxygen atoms in total. The fraction of sp³-hybridized carbons (Fsp3) is 0.357. The molecule has 1 amide bonds. The van der Waals surface area contributed by atoms with E-state index in [4.69, 9.17) is 11.6 Å². The summed E-state index contributed by atoms with van der Waals surface area (Å²) in [7, 11) is -3.85. The lowest BCUT2D eigenvalue weighted by Crippen LogP contribution is -2.49. The second kappa shape index (κ2) is 17.5. The summed E-state index contributed by atoms with van der Waals surface area (Å²) in [5.41, 5.74) is 0.702. The summed E-state index contributed by atoms with van der Waals surface area (Å²) in [6.45, 7) is 5.41. The molecule has 1 N–H and O–H groups in total. The fourth-order valence-electron chi connectivity index (χ4n) is 4.04. The maximum absolute atomic E-state index is 12.8. The Labute approximate surface area is 281 Å². The first kappa shape index (κ1) is 38.6. The monoisotopic (exact) mass is 742 g/mol. The third-order valence-corrected chi connectivity index (χ3v) is 9.23. The van der Waals surface area contributed by atoms with Gasteiger partial charge in [-0.1, -0.05) is 36.1 Å². The lowest BCUT2D eigenvalue weighted by molar-refractivity contribution is -0.306. The zero-order valence-corrected chi connectivity index (χ0v) is 27.3. The molecule has 0 bridgehead atoms. The van der Waals surface area contributed by atoms with Gasteiger partial charge in [0.25, 0.3) is 0 Å². The molecule has 0 atom stereocenters. The average Bonchev–Trinajstić information content (AvgIpc) is 3.37. The standard InChI is InChI=1S/C18H19ClF3N5O3S2.C10H10F3NO2/c1-2-7-23-16(19)24-15-12-31-17(25-15)26-8-10-27(11-9-26)32(28,29)14-5-3-13(4-6-14)30-18(20,21)22;11-10(12,13)16-9-3-1-2-8(4-5-9)6-14-7-15/h2-6H,1,7-12H2;1-2,4-5,7H,3,6H2,(H,14,15)/b23-16?,24-15+;. The summed E-state index contributed by atoms with van der Waals surface area (Å²) in [5, 5.41) is 3.23. The normalized spacial score (nSPS) is 18.6. The number of halogens is 7. The third kappa shape index (κ3) is 13.0. The van der Waals surface area contributed by atoms with Crippen molar-refractivity contribution in [2.75, 3.05) is 45.0 Å². The Balaban J connectivity index is 0.000000328. The van der Waals surface area contributed by atoms with Crippen molar-refractivity contribution in [1.29, 1.82) is 0 Å². The Hall–Kier alpha value is -3.81. The molecule has 1 fully saturated rings. The van der Waals surface area contributed by atoms with E-state index in [0.717, 1.165) is 29.4 Å². The Bertz CT molecular complexity index is 1580. The maximum Gasteiger partial charge on any atom is 0.573 e. The molecule has 1 aromatic carbocycles. The van der Waals surface area contributed by atoms with Gasteiger partial charge in [0.2, 0.25) is 21.7 Å². The Morgan fingerprint density at radius 3 is 2.33 bits per heavy atom. The summed E-state index contributed by atoms with van der Waals surface area (Å²) in [4.78, 5) is 24.4. The highest BCUT2D eigenvalue weighted by Crippen LogP contribution is 2.27. The van der Waals surface area contributed by atoms with Crippen molar-refractivity contribution in [2.24, 2.45) is 15.0 Å². The van der Waals surface area contributed by atoms with Gasteiger partial charge in [-0.15, -0.1) is 32.9 Å². The predicted molar refractivity (Wildman–Crippen MR) is 170 cm³/mol. The second-order valence-corrected chi connectivity index (χ2v) is 12.8. The van der Waals surface area contributed by atoms with Crippen molar-refractivity contribution in [2.45, 2.75) is 24.0 Å². The zero-order valence-electron chi connectivity index (χ0n) is 24.9. The van der Waals surface area contributed by atoms with E-state index in [-0.39, 0.29) is 42.0 Å². The van der Waals surface area contributed by atoms with Crippen LogP contribution in [0.1, 0.15) is 6.42 Å². The van der Waals surface area contributed by atoms with Gasteiger partial charge in [0.1, 0.15) is 17.3 Å². The molecule has 20 heteroatoms. The van der Waals surface area contributed by atoms with Crippen molar-refractivity contribution >= 4 is 56.1 Å². The van der Waals surface area contributed by atoms with Gasteiger partial charge in [0, 0.05) is 39.1 Å². The van der Waals surface area contributed by atoms with E-state index in [1.807, 2.05) is 4.90 Å². The molecule has 0 unspecified atom stereocenters. The van der Waals surface area contributed by atoms with Crippen molar-refractivity contribution in [3.05, 3.63) is 72.6 Å². The number of benzene rings is 1. The number of amidine groups is 3. The van der Waals surface area contributed by atoms with Crippen LogP contribution in [-0.4, -0.2) is 98.1 Å². The molecule has 3 aliphatic rings. The summed E-state index contributed by atoms with van der Waals surface area (Å²) < 4.78 is 107. The number of hydrogen-bond donors (Lipinski definition) is 1. The Morgan fingerprint density at radius 2 is 1.73 bits per heavy atom. The number of allylic oxidation sites excluding steroid dienone is 3. The molecule has 1 saturated heterocycles. The van der Waals surface area contributed by atoms with Gasteiger partial charge in [-0.2, -0.15) is 4.31 Å². The molecule has 262 valence electrons. The zero-order chi connectivity index (χ0) is 35.4. The molecule has 2 aliphatic heterocycles. The number of nitrogens with zero attached hydrogens (tertiary/aromatic N) is 5. The average molecular weight is 743 g/mol. The van der Waals surface area contributed by atoms with Gasteiger partial charge in [0.05, 0.1) is 17.2 Å². The van der Waals surface area contributed by atoms with Gasteiger partial charge < -0.3 is 19.7 Å². The molecule has 1 aromatic rings. The van der Waals surface area contributed by atoms with Crippen LogP contribution in [0.2, 0.25) is 0 Å². The third-order valence-electron chi connectivity index (χ3n) is 6.10. The van der Waals surface area contributed by atoms with Gasteiger partial charge >= 0.3 is 12.7 Å². The van der Waals surface area contributed by atoms with Gasteiger partial charge in [-0.05, 0) is 47.5 Å². The van der Waals surface area contributed by atoms with Crippen molar-refractivity contribution in [1.82, 2.24) is 14.5 Å². The molecular weight excluding hydrogens is 714 g/mol. The second-order valence-electron chi connectivity index (χ2n) is 9.55. The SMILES string of the molecule is C=CCN=C(Cl)/N=C1\CSC(N2CCN(S(=O)(=O)c3ccc(OC(F)(F)F)cc3)CC2)=N1.O=CNCC1=CC=C(OC(F)(F)F)CC=C1. The van der Waals surface area contributed by atoms with Crippen LogP contribution in [0.4, 0.5) is 26.3 Å². The van der Waals surface area contributed by atoms with E-state index in [1.165, 1.54) is 28.2 Å². The van der Waals surface area contributed by atoms with Crippen molar-refractivity contribution in [3.63, 3.8) is 0 Å². The van der Waals surface area contributed by atoms with Gasteiger partial charge in [0.15, 0.2) is 5.17 Å². The van der Waals surface area contributed by atoms with E-state index in [1.54, 1.807) is 18.2 Å². The highest BCUT2D eigenvalue weighted by Gasteiger charge is 2.33. The van der Waals surface area contributed by atoms with Crippen LogP contribution < -0.4 is 10.1 Å². The minimum atomic E-state index is -4.84. The number of aliphatic imine (C=N–C) groups is 3. The highest BCUT2D eigenvalue weighted by molar-refractivity contribution is 8.14. The van der Waals surface area contributed by atoms with E-state index < -0.39 is 28.5 Å². The molecule has 48 heavy (non-hydrogen) atoms. The number of carbonyl (C=O) groups excluding carboxylic acids is 1. The Morgan fingerprint density at radius 1 is 1.06 bits per heavy atom. The number of hydrogen-bond acceptors (Lipinski definition) is 8. The number of sulfonamides is 1. The number of thioether (sulfide) groups is 1. The minimum Gasteiger partial charge on any atom is -0.410 e. The number of alkyl halides is 6. The first-order valence-electron chi connectivity index (χ1n) is 13.8. The predicted octanol–water partition coefficient (Wildman–Crippen LogP) is 5.21. The quantitative estimate of drug-likeness (QED) is 0.0920. The first-order valence-corrected chi connectivity index (χ1v) is 16.6. The van der Waals surface area contributed by atoms with Crippen molar-refractivity contribution in [3.8, 4) is 5.75 Å². The van der Waals surface area contributed by atoms with Gasteiger partial charge in [-0.25, -0.2) is 18.4 Å². The lowest BCUT2D eigenvalue weighted by atomic mass is 10.2. The van der Waals surface area contributed by atoms with E-state index in [9.17, 15) is 39.6 Å². The smallest absolute Gasteiger partial charge is 0.410 e. The van der Waals surface area contributed by atoms with Crippen LogP contribution in [0.5, 0.6) is 5.75 Å². The van der Waals surface area contributed by atoms with Crippen LogP contribution >= 0.6 is 23.4 Å². The van der Waals surface area contributed by atoms with E-state index in [0.29, 0.717) is 43.2 Å². The van der Waals surface area contributed by atoms with Crippen LogP contribution in [-0.2, 0) is 19.6 Å². The number of ether oxygens (including phenoxy) is 2. The van der Waals surface area contributed by atoms with Crippen LogP contribution in [0, 0.1) is 0 Å². The van der Waals surface area contributed by atoms with E-state index in [2.05, 4.69) is 36.3 Å². The number of piperazine rings is 1. The fourth-order valence-corrected chi connectivity index (χ4v) is 6.55. The largest absolute Gasteiger partial charge is 0.573 e. The van der Waals surface area contributed by atoms with E-state index >= 15 is 0 Å². The molecular formula is C28H29ClF6N6O5S2. The van der Waals surface area contributed by atoms with Crippen LogP contribution in [0.3, 0.4) is 0 Å². The first-order chi connectivity index (χ1) is 22.6. The molecule has 0 radical (unpaired) electrons. The summed E-state index contributed by atoms with van der Waals surface area (Å²) in [6, 6.07) is 4.15. The van der Waals surface area contributed by atoms with Crippen LogP contribution in [0.15, 0.2) is 92.4 Å². The Kier molecular flexibility index (Phi) is 14.1. The summed E-state index contributed by atoms with van der Waals surface area (Å²) in [5.74, 6) is 0.397. The number of rotatable bonds is 9. The lowest BCUT2D eigenvalue weighted by Gasteiger charge is -2.34. The maximum atomic E-state index is 12.8. The molecule has 4 rings (SSSR count). The molecule has 0 spiro atoms. The van der Waals surface area contributed by atoms with Crippen molar-refractivity contribution < 1.29 is 49.0 Å². The number of nitrogens with one attached hydrogen (secondary N) is 1. The molecule has 0 saturated carbocycles. The van der Waals surface area contributed by atoms with Crippen LogP contribution in [0.25, 0.3) is 0 Å². The molecule has 0 aromatic heterocycles. The number of amides is 1. The van der Waals surface area contributed by atoms with Gasteiger partial charge in [-0.3, -0.25) is 9.79 Å². The summed E-state index contributed by atoms with van der Waals surface area (Å²) in [6.07, 6.45) is -1.42.